The molecule has 0 unspecified atom stereocenters. The first-order valence-corrected chi connectivity index (χ1v) is 7.58. The molecule has 0 saturated carbocycles. The van der Waals surface area contributed by atoms with Gasteiger partial charge in [0.25, 0.3) is 0 Å². The minimum Gasteiger partial charge on any atom is -0.490 e. The number of anilines is 1. The van der Waals surface area contributed by atoms with Crippen molar-refractivity contribution in [3.8, 4) is 5.75 Å². The van der Waals surface area contributed by atoms with Crippen LogP contribution in [0.3, 0.4) is 0 Å². The number of amides is 2. The molecule has 0 spiro atoms. The number of urea groups is 1. The Kier molecular flexibility index (Phi) is 6.45. The van der Waals surface area contributed by atoms with Crippen molar-refractivity contribution in [2.45, 2.75) is 0 Å². The van der Waals surface area contributed by atoms with Gasteiger partial charge in [0, 0.05) is 5.69 Å². The average Bonchev–Trinajstić information content (AvgIpc) is 2.59. The maximum atomic E-state index is 11.8. The van der Waals surface area contributed by atoms with E-state index < -0.39 is 12.0 Å². The maximum Gasteiger partial charge on any atom is 0.337 e. The van der Waals surface area contributed by atoms with Crippen molar-refractivity contribution in [1.82, 2.24) is 5.32 Å². The summed E-state index contributed by atoms with van der Waals surface area (Å²) in [6.07, 6.45) is 0. The van der Waals surface area contributed by atoms with Gasteiger partial charge in [-0.3, -0.25) is 0 Å². The van der Waals surface area contributed by atoms with Crippen LogP contribution < -0.4 is 15.4 Å². The van der Waals surface area contributed by atoms with Crippen LogP contribution in [0.2, 0.25) is 5.02 Å². The predicted octanol–water partition coefficient (Wildman–Crippen LogP) is 3.33. The second-order valence-electron chi connectivity index (χ2n) is 4.73. The number of benzene rings is 2. The van der Waals surface area contributed by atoms with Gasteiger partial charge in [-0.2, -0.15) is 0 Å². The molecular formula is C17H17ClN2O4. The Balaban J connectivity index is 1.77. The molecule has 7 heteroatoms. The molecule has 0 fully saturated rings. The van der Waals surface area contributed by atoms with Gasteiger partial charge in [0.2, 0.25) is 0 Å². The van der Waals surface area contributed by atoms with E-state index in [1.807, 2.05) is 12.1 Å². The zero-order valence-corrected chi connectivity index (χ0v) is 13.8. The number of halogens is 1. The number of rotatable bonds is 6. The van der Waals surface area contributed by atoms with Crippen LogP contribution in [-0.2, 0) is 4.74 Å². The Morgan fingerprint density at radius 3 is 2.67 bits per heavy atom. The molecule has 0 radical (unpaired) electrons. The quantitative estimate of drug-likeness (QED) is 0.620. The number of carbonyl (C=O) groups is 2. The van der Waals surface area contributed by atoms with E-state index in [0.29, 0.717) is 28.6 Å². The lowest BCUT2D eigenvalue weighted by atomic mass is 10.2. The standard InChI is InChI=1S/C17H17ClN2O4/c1-23-16(21)12-5-4-6-13(11-12)20-17(22)19-9-10-24-15-8-3-2-7-14(15)18/h2-8,11H,9-10H2,1H3,(H2,19,20,22). The molecule has 126 valence electrons. The summed E-state index contributed by atoms with van der Waals surface area (Å²) >= 11 is 5.96. The lowest BCUT2D eigenvalue weighted by Crippen LogP contribution is -2.32. The lowest BCUT2D eigenvalue weighted by Gasteiger charge is -2.10. The first-order chi connectivity index (χ1) is 11.6. The molecule has 2 aromatic rings. The normalized spacial score (nSPS) is 9.92. The lowest BCUT2D eigenvalue weighted by molar-refractivity contribution is 0.0600. The first-order valence-electron chi connectivity index (χ1n) is 7.20. The molecule has 0 aliphatic heterocycles. The van der Waals surface area contributed by atoms with Crippen LogP contribution in [0.15, 0.2) is 48.5 Å². The Hall–Kier alpha value is -2.73. The molecule has 2 amide bonds. The molecule has 0 heterocycles. The van der Waals surface area contributed by atoms with Crippen LogP contribution in [0.1, 0.15) is 10.4 Å². The second-order valence-corrected chi connectivity index (χ2v) is 5.14. The van der Waals surface area contributed by atoms with Crippen LogP contribution in [0.4, 0.5) is 10.5 Å². The predicted molar refractivity (Wildman–Crippen MR) is 91.7 cm³/mol. The van der Waals surface area contributed by atoms with Crippen molar-refractivity contribution in [3.63, 3.8) is 0 Å². The van der Waals surface area contributed by atoms with Crippen molar-refractivity contribution in [3.05, 3.63) is 59.1 Å². The van der Waals surface area contributed by atoms with E-state index >= 15 is 0 Å². The molecule has 0 bridgehead atoms. The van der Waals surface area contributed by atoms with Crippen LogP contribution in [0.25, 0.3) is 0 Å². The fourth-order valence-corrected chi connectivity index (χ4v) is 2.09. The number of nitrogens with one attached hydrogen (secondary N) is 2. The van der Waals surface area contributed by atoms with Gasteiger partial charge >= 0.3 is 12.0 Å². The minimum atomic E-state index is -0.466. The van der Waals surface area contributed by atoms with Gasteiger partial charge < -0.3 is 20.1 Å². The van der Waals surface area contributed by atoms with Crippen molar-refractivity contribution >= 4 is 29.3 Å². The number of esters is 1. The summed E-state index contributed by atoms with van der Waals surface area (Å²) in [6, 6.07) is 13.2. The molecule has 2 rings (SSSR count). The monoisotopic (exact) mass is 348 g/mol. The third-order valence-corrected chi connectivity index (χ3v) is 3.34. The van der Waals surface area contributed by atoms with Crippen LogP contribution in [0, 0.1) is 0 Å². The van der Waals surface area contributed by atoms with Gasteiger partial charge in [-0.25, -0.2) is 9.59 Å². The van der Waals surface area contributed by atoms with E-state index in [4.69, 9.17) is 16.3 Å². The van der Waals surface area contributed by atoms with Crippen molar-refractivity contribution < 1.29 is 19.1 Å². The van der Waals surface area contributed by atoms with E-state index in [1.54, 1.807) is 30.3 Å². The molecule has 24 heavy (non-hydrogen) atoms. The molecular weight excluding hydrogens is 332 g/mol. The maximum absolute atomic E-state index is 11.8. The summed E-state index contributed by atoms with van der Waals surface area (Å²) in [4.78, 5) is 23.3. The van der Waals surface area contributed by atoms with E-state index in [-0.39, 0.29) is 6.61 Å². The summed E-state index contributed by atoms with van der Waals surface area (Å²) in [7, 11) is 1.30. The number of ether oxygens (including phenoxy) is 2. The number of methoxy groups -OCH3 is 1. The first kappa shape index (κ1) is 17.6. The van der Waals surface area contributed by atoms with Crippen molar-refractivity contribution in [1.29, 1.82) is 0 Å². The van der Waals surface area contributed by atoms with Crippen LogP contribution >= 0.6 is 11.6 Å². The average molecular weight is 349 g/mol. The van der Waals surface area contributed by atoms with Gasteiger partial charge in [-0.15, -0.1) is 0 Å². The number of hydrogen-bond donors (Lipinski definition) is 2. The highest BCUT2D eigenvalue weighted by Crippen LogP contribution is 2.22. The third kappa shape index (κ3) is 5.17. The van der Waals surface area contributed by atoms with E-state index in [2.05, 4.69) is 15.4 Å². The summed E-state index contributed by atoms with van der Waals surface area (Å²) in [5, 5.41) is 5.80. The van der Waals surface area contributed by atoms with Gasteiger partial charge in [0.15, 0.2) is 0 Å². The minimum absolute atomic E-state index is 0.277. The van der Waals surface area contributed by atoms with Gasteiger partial charge in [-0.05, 0) is 30.3 Å². The SMILES string of the molecule is COC(=O)c1cccc(NC(=O)NCCOc2ccccc2Cl)c1. The molecule has 2 aromatic carbocycles. The Morgan fingerprint density at radius 2 is 1.92 bits per heavy atom. The molecule has 2 N–H and O–H groups in total. The Bertz CT molecular complexity index is 721. The summed E-state index contributed by atoms with van der Waals surface area (Å²) in [6.45, 7) is 0.576. The number of carbonyl (C=O) groups excluding carboxylic acids is 2. The highest BCUT2D eigenvalue weighted by Gasteiger charge is 2.07. The Labute approximate surface area is 144 Å². The zero-order valence-electron chi connectivity index (χ0n) is 13.0. The molecule has 0 aliphatic carbocycles. The summed E-state index contributed by atoms with van der Waals surface area (Å²) in [5.74, 6) is 0.0966. The molecule has 0 atom stereocenters. The fourth-order valence-electron chi connectivity index (χ4n) is 1.90. The van der Waals surface area contributed by atoms with Crippen LogP contribution in [0.5, 0.6) is 5.75 Å². The second kappa shape index (κ2) is 8.79. The number of hydrogen-bond acceptors (Lipinski definition) is 4. The summed E-state index contributed by atoms with van der Waals surface area (Å²) in [5.41, 5.74) is 0.847. The van der Waals surface area contributed by atoms with E-state index in [1.165, 1.54) is 13.2 Å². The van der Waals surface area contributed by atoms with Gasteiger partial charge in [0.05, 0.1) is 24.2 Å². The van der Waals surface area contributed by atoms with Crippen molar-refractivity contribution in [2.75, 3.05) is 25.6 Å². The third-order valence-electron chi connectivity index (χ3n) is 3.02. The Morgan fingerprint density at radius 1 is 1.12 bits per heavy atom. The van der Waals surface area contributed by atoms with E-state index in [9.17, 15) is 9.59 Å². The smallest absolute Gasteiger partial charge is 0.337 e. The fraction of sp³-hybridized carbons (Fsp3) is 0.176. The van der Waals surface area contributed by atoms with Crippen LogP contribution in [-0.4, -0.2) is 32.3 Å². The highest BCUT2D eigenvalue weighted by molar-refractivity contribution is 6.32. The van der Waals surface area contributed by atoms with Gasteiger partial charge in [-0.1, -0.05) is 29.8 Å². The zero-order chi connectivity index (χ0) is 17.4. The van der Waals surface area contributed by atoms with Gasteiger partial charge in [0.1, 0.15) is 12.4 Å². The van der Waals surface area contributed by atoms with E-state index in [0.717, 1.165) is 0 Å². The molecule has 0 aliphatic rings. The van der Waals surface area contributed by atoms with Crippen molar-refractivity contribution in [2.24, 2.45) is 0 Å². The molecule has 0 saturated heterocycles. The topological polar surface area (TPSA) is 76.7 Å². The highest BCUT2D eigenvalue weighted by atomic mass is 35.5. The number of para-hydroxylation sites is 1. The largest absolute Gasteiger partial charge is 0.490 e. The summed E-state index contributed by atoms with van der Waals surface area (Å²) < 4.78 is 10.1. The molecule has 0 aromatic heterocycles. The molecule has 6 nitrogen and oxygen atoms in total.